The van der Waals surface area contributed by atoms with Crippen molar-refractivity contribution in [1.29, 1.82) is 0 Å². The summed E-state index contributed by atoms with van der Waals surface area (Å²) in [7, 11) is 1.44. The molecule has 0 saturated carbocycles. The molecule has 1 aliphatic rings. The Hall–Kier alpha value is -4.79. The standard InChI is InChI=1S/C28H23FN4O4/c1-32-25(31-23(24(34)28(32)37)26(35)30-16-17-11-13-20(29)14-12-17)22-15-19-9-5-6-10-21(19)33(22)27(36)18-7-3-2-4-8-18/h2-14,22,34H,15-16H2,1H3,(H,30,35). The van der Waals surface area contributed by atoms with E-state index >= 15 is 0 Å². The van der Waals surface area contributed by atoms with Gasteiger partial charge in [0.25, 0.3) is 17.4 Å². The highest BCUT2D eigenvalue weighted by Gasteiger charge is 2.38. The Kier molecular flexibility index (Phi) is 6.27. The molecule has 9 heteroatoms. The lowest BCUT2D eigenvalue weighted by atomic mass is 10.1. The normalized spacial score (nSPS) is 14.3. The summed E-state index contributed by atoms with van der Waals surface area (Å²) >= 11 is 0. The maximum absolute atomic E-state index is 13.6. The quantitative estimate of drug-likeness (QED) is 0.438. The predicted octanol–water partition coefficient (Wildman–Crippen LogP) is 3.50. The van der Waals surface area contributed by atoms with Crippen molar-refractivity contribution in [3.8, 4) is 5.75 Å². The second kappa shape index (κ2) is 9.69. The van der Waals surface area contributed by atoms with E-state index in [4.69, 9.17) is 0 Å². The molecule has 3 aromatic carbocycles. The molecule has 1 aromatic heterocycles. The molecule has 0 saturated heterocycles. The molecule has 0 bridgehead atoms. The fourth-order valence-electron chi connectivity index (χ4n) is 4.49. The topological polar surface area (TPSA) is 105 Å². The number of carbonyl (C=O) groups is 2. The minimum atomic E-state index is -0.806. The first-order valence-electron chi connectivity index (χ1n) is 11.6. The van der Waals surface area contributed by atoms with E-state index in [-0.39, 0.29) is 18.3 Å². The second-order valence-corrected chi connectivity index (χ2v) is 8.73. The van der Waals surface area contributed by atoms with Crippen molar-refractivity contribution in [2.75, 3.05) is 4.90 Å². The number of nitrogens with one attached hydrogen (secondary N) is 1. The van der Waals surface area contributed by atoms with Gasteiger partial charge >= 0.3 is 0 Å². The predicted molar refractivity (Wildman–Crippen MR) is 135 cm³/mol. The number of rotatable bonds is 5. The maximum Gasteiger partial charge on any atom is 0.296 e. The highest BCUT2D eigenvalue weighted by atomic mass is 19.1. The zero-order chi connectivity index (χ0) is 26.1. The van der Waals surface area contributed by atoms with Gasteiger partial charge in [-0.05, 0) is 41.5 Å². The molecule has 8 nitrogen and oxygen atoms in total. The van der Waals surface area contributed by atoms with Gasteiger partial charge in [0.05, 0.1) is 6.04 Å². The van der Waals surface area contributed by atoms with E-state index in [0.29, 0.717) is 23.2 Å². The second-order valence-electron chi connectivity index (χ2n) is 8.73. The zero-order valence-electron chi connectivity index (χ0n) is 19.9. The SMILES string of the molecule is Cn1c(C2Cc3ccccc3N2C(=O)c2ccccc2)nc(C(=O)NCc2ccc(F)cc2)c(O)c1=O. The van der Waals surface area contributed by atoms with Crippen molar-refractivity contribution in [2.24, 2.45) is 7.05 Å². The highest BCUT2D eigenvalue weighted by molar-refractivity contribution is 6.07. The Bertz CT molecular complexity index is 1550. The summed E-state index contributed by atoms with van der Waals surface area (Å²) in [5.74, 6) is -2.08. The summed E-state index contributed by atoms with van der Waals surface area (Å²) in [4.78, 5) is 45.5. The van der Waals surface area contributed by atoms with Crippen LogP contribution in [-0.4, -0.2) is 26.5 Å². The maximum atomic E-state index is 13.6. The van der Waals surface area contributed by atoms with Crippen molar-refractivity contribution >= 4 is 17.5 Å². The largest absolute Gasteiger partial charge is 0.501 e. The fourth-order valence-corrected chi connectivity index (χ4v) is 4.49. The van der Waals surface area contributed by atoms with Crippen LogP contribution in [0, 0.1) is 5.82 Å². The van der Waals surface area contributed by atoms with Gasteiger partial charge in [-0.3, -0.25) is 23.9 Å². The van der Waals surface area contributed by atoms with Crippen molar-refractivity contribution in [3.05, 3.63) is 123 Å². The third kappa shape index (κ3) is 4.47. The number of halogens is 1. The first-order valence-corrected chi connectivity index (χ1v) is 11.6. The van der Waals surface area contributed by atoms with Crippen molar-refractivity contribution in [3.63, 3.8) is 0 Å². The summed E-state index contributed by atoms with van der Waals surface area (Å²) in [6.07, 6.45) is 0.371. The lowest BCUT2D eigenvalue weighted by Gasteiger charge is -2.27. The number of nitrogens with zero attached hydrogens (tertiary/aromatic N) is 3. The summed E-state index contributed by atoms with van der Waals surface area (Å²) in [6, 6.07) is 21.0. The van der Waals surface area contributed by atoms with Gasteiger partial charge in [-0.15, -0.1) is 0 Å². The minimum Gasteiger partial charge on any atom is -0.501 e. The number of amides is 2. The fraction of sp³-hybridized carbons (Fsp3) is 0.143. The monoisotopic (exact) mass is 498 g/mol. The molecule has 2 heterocycles. The number of hydrogen-bond donors (Lipinski definition) is 2. The molecule has 1 aliphatic heterocycles. The number of fused-ring (bicyclic) bond motifs is 1. The number of anilines is 1. The van der Waals surface area contributed by atoms with E-state index in [1.165, 1.54) is 31.3 Å². The van der Waals surface area contributed by atoms with E-state index in [9.17, 15) is 23.9 Å². The van der Waals surface area contributed by atoms with E-state index in [1.54, 1.807) is 29.2 Å². The Balaban J connectivity index is 1.53. The number of carbonyl (C=O) groups excluding carboxylic acids is 2. The van der Waals surface area contributed by atoms with Crippen LogP contribution in [0.1, 0.15) is 43.8 Å². The Morgan fingerprint density at radius 2 is 1.70 bits per heavy atom. The number of aromatic hydroxyl groups is 1. The summed E-state index contributed by atoms with van der Waals surface area (Å²) in [5, 5.41) is 13.1. The average Bonchev–Trinajstić information content (AvgIpc) is 3.30. The molecule has 4 aromatic rings. The van der Waals surface area contributed by atoms with E-state index in [0.717, 1.165) is 10.1 Å². The lowest BCUT2D eigenvalue weighted by Crippen LogP contribution is -2.37. The zero-order valence-corrected chi connectivity index (χ0v) is 19.9. The van der Waals surface area contributed by atoms with Gasteiger partial charge < -0.3 is 10.4 Å². The van der Waals surface area contributed by atoms with Gasteiger partial charge in [0.15, 0.2) is 5.69 Å². The third-order valence-corrected chi connectivity index (χ3v) is 6.40. The average molecular weight is 499 g/mol. The van der Waals surface area contributed by atoms with Crippen LogP contribution in [-0.2, 0) is 20.0 Å². The van der Waals surface area contributed by atoms with Crippen LogP contribution in [0.5, 0.6) is 5.75 Å². The molecule has 37 heavy (non-hydrogen) atoms. The molecule has 0 spiro atoms. The van der Waals surface area contributed by atoms with Crippen molar-refractivity contribution < 1.29 is 19.1 Å². The lowest BCUT2D eigenvalue weighted by molar-refractivity contribution is 0.0941. The summed E-state index contributed by atoms with van der Waals surface area (Å²) in [5.41, 5.74) is 1.42. The first kappa shape index (κ1) is 23.9. The van der Waals surface area contributed by atoms with Crippen LogP contribution in [0.2, 0.25) is 0 Å². The molecule has 2 N–H and O–H groups in total. The minimum absolute atomic E-state index is 0.0399. The molecule has 1 unspecified atom stereocenters. The third-order valence-electron chi connectivity index (χ3n) is 6.40. The summed E-state index contributed by atoms with van der Waals surface area (Å²) in [6.45, 7) is 0.0399. The van der Waals surface area contributed by atoms with Gasteiger partial charge in [-0.1, -0.05) is 48.5 Å². The molecule has 186 valence electrons. The first-order chi connectivity index (χ1) is 17.8. The molecular formula is C28H23FN4O4. The Morgan fingerprint density at radius 3 is 2.43 bits per heavy atom. The van der Waals surface area contributed by atoms with Gasteiger partial charge in [0.2, 0.25) is 5.75 Å². The van der Waals surface area contributed by atoms with Crippen LogP contribution in [0.25, 0.3) is 0 Å². The molecule has 0 aliphatic carbocycles. The number of hydrogen-bond acceptors (Lipinski definition) is 5. The summed E-state index contributed by atoms with van der Waals surface area (Å²) < 4.78 is 14.3. The van der Waals surface area contributed by atoms with Crippen LogP contribution in [0.15, 0.2) is 83.7 Å². The van der Waals surface area contributed by atoms with E-state index in [1.807, 2.05) is 30.3 Å². The number of benzene rings is 3. The molecule has 0 fully saturated rings. The van der Waals surface area contributed by atoms with Crippen LogP contribution in [0.4, 0.5) is 10.1 Å². The van der Waals surface area contributed by atoms with E-state index < -0.39 is 34.8 Å². The van der Waals surface area contributed by atoms with Gasteiger partial charge in [-0.25, -0.2) is 9.37 Å². The molecule has 1 atom stereocenters. The van der Waals surface area contributed by atoms with Crippen LogP contribution < -0.4 is 15.8 Å². The smallest absolute Gasteiger partial charge is 0.296 e. The van der Waals surface area contributed by atoms with E-state index in [2.05, 4.69) is 10.3 Å². The Labute approximate surface area is 211 Å². The van der Waals surface area contributed by atoms with Gasteiger partial charge in [-0.2, -0.15) is 0 Å². The van der Waals surface area contributed by atoms with Crippen molar-refractivity contribution in [1.82, 2.24) is 14.9 Å². The van der Waals surface area contributed by atoms with Crippen molar-refractivity contribution in [2.45, 2.75) is 19.0 Å². The van der Waals surface area contributed by atoms with Gasteiger partial charge in [0.1, 0.15) is 11.6 Å². The number of para-hydroxylation sites is 1. The molecule has 2 amide bonds. The number of aromatic nitrogens is 2. The van der Waals surface area contributed by atoms with Crippen LogP contribution >= 0.6 is 0 Å². The molecule has 0 radical (unpaired) electrons. The van der Waals surface area contributed by atoms with Gasteiger partial charge in [0, 0.05) is 31.3 Å². The molecular weight excluding hydrogens is 475 g/mol. The van der Waals surface area contributed by atoms with Crippen LogP contribution in [0.3, 0.4) is 0 Å². The molecule has 5 rings (SSSR count). The highest BCUT2D eigenvalue weighted by Crippen LogP contribution is 2.40. The Morgan fingerprint density at radius 1 is 1.03 bits per heavy atom.